The van der Waals surface area contributed by atoms with Crippen molar-refractivity contribution < 1.29 is 9.53 Å². The molecule has 26 heavy (non-hydrogen) atoms. The maximum atomic E-state index is 12.6. The van der Waals surface area contributed by atoms with Gasteiger partial charge in [0, 0.05) is 11.8 Å². The number of hydrogen-bond acceptors (Lipinski definition) is 5. The first-order chi connectivity index (χ1) is 12.5. The van der Waals surface area contributed by atoms with Crippen molar-refractivity contribution in [3.05, 3.63) is 35.7 Å². The van der Waals surface area contributed by atoms with Gasteiger partial charge in [-0.15, -0.1) is 5.10 Å². The van der Waals surface area contributed by atoms with Crippen molar-refractivity contribution in [3.63, 3.8) is 0 Å². The summed E-state index contributed by atoms with van der Waals surface area (Å²) in [6.45, 7) is 8.67. The molecule has 2 aromatic rings. The summed E-state index contributed by atoms with van der Waals surface area (Å²) in [5.74, 6) is 0.941. The predicted molar refractivity (Wildman–Crippen MR) is 101 cm³/mol. The Morgan fingerprint density at radius 2 is 2.15 bits per heavy atom. The van der Waals surface area contributed by atoms with E-state index >= 15 is 0 Å². The molecule has 0 radical (unpaired) electrons. The molecule has 1 amide bonds. The summed E-state index contributed by atoms with van der Waals surface area (Å²) in [6.07, 6.45) is 2.00. The first-order valence-corrected chi connectivity index (χ1v) is 9.21. The molecule has 7 heteroatoms. The maximum Gasteiger partial charge on any atom is 0.278 e. The number of nitrogens with one attached hydrogen (secondary N) is 2. The summed E-state index contributed by atoms with van der Waals surface area (Å²) in [7, 11) is 0. The minimum atomic E-state index is -0.247. The number of hydrogen-bond donors (Lipinski definition) is 2. The van der Waals surface area contributed by atoms with Crippen LogP contribution in [0.3, 0.4) is 0 Å². The lowest BCUT2D eigenvalue weighted by atomic mass is 10.1. The van der Waals surface area contributed by atoms with E-state index in [4.69, 9.17) is 4.74 Å². The topological polar surface area (TPSA) is 81.1 Å². The highest BCUT2D eigenvalue weighted by Gasteiger charge is 2.23. The summed E-state index contributed by atoms with van der Waals surface area (Å²) in [6, 6.07) is 7.72. The summed E-state index contributed by atoms with van der Waals surface area (Å²) < 4.78 is 7.60. The number of piperidine rings is 1. The van der Waals surface area contributed by atoms with Gasteiger partial charge in [-0.05, 0) is 50.9 Å². The lowest BCUT2D eigenvalue weighted by Gasteiger charge is -2.23. The molecule has 7 nitrogen and oxygen atoms in total. The summed E-state index contributed by atoms with van der Waals surface area (Å²) in [5, 5.41) is 14.6. The van der Waals surface area contributed by atoms with Crippen molar-refractivity contribution in [1.29, 1.82) is 0 Å². The van der Waals surface area contributed by atoms with Gasteiger partial charge in [0.1, 0.15) is 5.75 Å². The minimum Gasteiger partial charge on any atom is -0.493 e. The third kappa shape index (κ3) is 4.40. The zero-order valence-corrected chi connectivity index (χ0v) is 15.7. The van der Waals surface area contributed by atoms with Crippen LogP contribution in [-0.2, 0) is 0 Å². The molecule has 1 aliphatic heterocycles. The van der Waals surface area contributed by atoms with Crippen LogP contribution in [0.2, 0.25) is 0 Å². The first-order valence-electron chi connectivity index (χ1n) is 9.21. The second kappa shape index (κ2) is 8.31. The molecule has 2 N–H and O–H groups in total. The fourth-order valence-corrected chi connectivity index (χ4v) is 3.07. The Morgan fingerprint density at radius 1 is 1.38 bits per heavy atom. The van der Waals surface area contributed by atoms with E-state index in [0.29, 0.717) is 29.9 Å². The molecule has 1 fully saturated rings. The molecule has 0 spiro atoms. The van der Waals surface area contributed by atoms with Crippen molar-refractivity contribution in [1.82, 2.24) is 20.3 Å². The van der Waals surface area contributed by atoms with E-state index in [0.717, 1.165) is 37.4 Å². The third-order valence-corrected chi connectivity index (χ3v) is 4.47. The number of aromatic nitrogens is 3. The molecule has 3 rings (SSSR count). The molecule has 2 heterocycles. The van der Waals surface area contributed by atoms with Gasteiger partial charge in [0.15, 0.2) is 5.69 Å². The molecule has 140 valence electrons. The SMILES string of the molecule is Cc1c(C(=O)Nc2cccc(OCC(C)C)c2)nnn1C1CCNCC1. The number of anilines is 1. The van der Waals surface area contributed by atoms with Crippen molar-refractivity contribution >= 4 is 11.6 Å². The molecule has 1 aromatic carbocycles. The average Bonchev–Trinajstić information content (AvgIpc) is 3.02. The van der Waals surface area contributed by atoms with Gasteiger partial charge in [-0.2, -0.15) is 0 Å². The minimum absolute atomic E-state index is 0.247. The monoisotopic (exact) mass is 357 g/mol. The largest absolute Gasteiger partial charge is 0.493 e. The Balaban J connectivity index is 1.68. The van der Waals surface area contributed by atoms with Crippen LogP contribution in [-0.4, -0.2) is 40.6 Å². The molecule has 0 unspecified atom stereocenters. The van der Waals surface area contributed by atoms with Gasteiger partial charge < -0.3 is 15.4 Å². The summed E-state index contributed by atoms with van der Waals surface area (Å²) >= 11 is 0. The van der Waals surface area contributed by atoms with Crippen LogP contribution in [0, 0.1) is 12.8 Å². The lowest BCUT2D eigenvalue weighted by Crippen LogP contribution is -2.30. The highest BCUT2D eigenvalue weighted by atomic mass is 16.5. The molecular formula is C19H27N5O2. The Bertz CT molecular complexity index is 750. The number of amides is 1. The molecule has 0 atom stereocenters. The van der Waals surface area contributed by atoms with Gasteiger partial charge in [0.25, 0.3) is 5.91 Å². The van der Waals surface area contributed by atoms with Crippen LogP contribution in [0.5, 0.6) is 5.75 Å². The van der Waals surface area contributed by atoms with Crippen LogP contribution in [0.1, 0.15) is 48.9 Å². The van der Waals surface area contributed by atoms with E-state index < -0.39 is 0 Å². The van der Waals surface area contributed by atoms with Crippen LogP contribution >= 0.6 is 0 Å². The number of carbonyl (C=O) groups excluding carboxylic acids is 1. The normalized spacial score (nSPS) is 15.2. The van der Waals surface area contributed by atoms with Crippen molar-refractivity contribution in [3.8, 4) is 5.75 Å². The van der Waals surface area contributed by atoms with Crippen molar-refractivity contribution in [2.75, 3.05) is 25.0 Å². The molecule has 0 bridgehead atoms. The van der Waals surface area contributed by atoms with Gasteiger partial charge in [-0.1, -0.05) is 25.1 Å². The zero-order valence-electron chi connectivity index (χ0n) is 15.7. The average molecular weight is 357 g/mol. The molecule has 1 saturated heterocycles. The number of rotatable bonds is 6. The molecule has 0 aliphatic carbocycles. The summed E-state index contributed by atoms with van der Waals surface area (Å²) in [4.78, 5) is 12.6. The van der Waals surface area contributed by atoms with Gasteiger partial charge >= 0.3 is 0 Å². The number of carbonyl (C=O) groups is 1. The Morgan fingerprint density at radius 3 is 2.88 bits per heavy atom. The van der Waals surface area contributed by atoms with E-state index in [1.807, 2.05) is 35.9 Å². The van der Waals surface area contributed by atoms with Crippen LogP contribution < -0.4 is 15.4 Å². The van der Waals surface area contributed by atoms with Crippen LogP contribution in [0.4, 0.5) is 5.69 Å². The quantitative estimate of drug-likeness (QED) is 0.831. The standard InChI is InChI=1S/C19H27N5O2/c1-13(2)12-26-17-6-4-5-15(11-17)21-19(25)18-14(3)24(23-22-18)16-7-9-20-10-8-16/h4-6,11,13,16,20H,7-10,12H2,1-3H3,(H,21,25). The second-order valence-corrected chi connectivity index (χ2v) is 7.14. The number of ether oxygens (including phenoxy) is 1. The van der Waals surface area contributed by atoms with Gasteiger partial charge in [-0.25, -0.2) is 4.68 Å². The Kier molecular flexibility index (Phi) is 5.88. The number of benzene rings is 1. The van der Waals surface area contributed by atoms with Crippen molar-refractivity contribution in [2.45, 2.75) is 39.7 Å². The lowest BCUT2D eigenvalue weighted by molar-refractivity contribution is 0.102. The Hall–Kier alpha value is -2.41. The van der Waals surface area contributed by atoms with Crippen molar-refractivity contribution in [2.24, 2.45) is 5.92 Å². The smallest absolute Gasteiger partial charge is 0.278 e. The second-order valence-electron chi connectivity index (χ2n) is 7.14. The third-order valence-electron chi connectivity index (χ3n) is 4.47. The fraction of sp³-hybridized carbons (Fsp3) is 0.526. The highest BCUT2D eigenvalue weighted by Crippen LogP contribution is 2.22. The maximum absolute atomic E-state index is 12.6. The molecule has 1 aliphatic rings. The molecule has 0 saturated carbocycles. The van der Waals surface area contributed by atoms with E-state index in [1.54, 1.807) is 0 Å². The molecular weight excluding hydrogens is 330 g/mol. The predicted octanol–water partition coefficient (Wildman–Crippen LogP) is 2.80. The highest BCUT2D eigenvalue weighted by molar-refractivity contribution is 6.03. The zero-order chi connectivity index (χ0) is 18.5. The number of nitrogens with zero attached hydrogens (tertiary/aromatic N) is 3. The van der Waals surface area contributed by atoms with Gasteiger partial charge in [-0.3, -0.25) is 4.79 Å². The van der Waals surface area contributed by atoms with E-state index in [9.17, 15) is 4.79 Å². The summed E-state index contributed by atoms with van der Waals surface area (Å²) in [5.41, 5.74) is 1.87. The van der Waals surface area contributed by atoms with E-state index in [-0.39, 0.29) is 5.91 Å². The van der Waals surface area contributed by atoms with Gasteiger partial charge in [0.2, 0.25) is 0 Å². The van der Waals surface area contributed by atoms with E-state index in [1.165, 1.54) is 0 Å². The van der Waals surface area contributed by atoms with Crippen LogP contribution in [0.25, 0.3) is 0 Å². The van der Waals surface area contributed by atoms with Crippen LogP contribution in [0.15, 0.2) is 24.3 Å². The van der Waals surface area contributed by atoms with E-state index in [2.05, 4.69) is 34.8 Å². The van der Waals surface area contributed by atoms with Gasteiger partial charge in [0.05, 0.1) is 18.3 Å². The fourth-order valence-electron chi connectivity index (χ4n) is 3.07. The Labute approximate surface area is 154 Å². The first kappa shape index (κ1) is 18.4. The molecule has 1 aromatic heterocycles.